The molecule has 2 aromatic rings. The molecule has 2 atom stereocenters. The molecular weight excluding hydrogens is 348 g/mol. The van der Waals surface area contributed by atoms with Gasteiger partial charge in [-0.05, 0) is 12.0 Å². The van der Waals surface area contributed by atoms with Crippen molar-refractivity contribution in [1.29, 1.82) is 0 Å². The number of carbonyl (C=O) groups excluding carboxylic acids is 2. The Hall–Kier alpha value is -2.87. The van der Waals surface area contributed by atoms with E-state index in [1.54, 1.807) is 9.80 Å². The van der Waals surface area contributed by atoms with Crippen LogP contribution in [0.15, 0.2) is 41.3 Å². The Kier molecular flexibility index (Phi) is 4.35. The first kappa shape index (κ1) is 17.5. The number of aromatic nitrogens is 2. The van der Waals surface area contributed by atoms with Gasteiger partial charge in [0.1, 0.15) is 12.7 Å². The zero-order chi connectivity index (χ0) is 19.0. The standard InChI is InChI=1S/C19H22N4O4/c1-22-17(25)12-27-15-11-23(16(24)9-13-10-20-21-18(13)26)8-7-19(15,22)14-5-3-2-4-6-14/h2-6,10,15H,7-9,11-12H2,1H3,(H2,20,21,26)/t15-,19+/m1/s1. The Labute approximate surface area is 156 Å². The van der Waals surface area contributed by atoms with Crippen molar-refractivity contribution in [3.05, 3.63) is 58.0 Å². The second kappa shape index (κ2) is 6.70. The lowest BCUT2D eigenvalue weighted by Crippen LogP contribution is -2.67. The summed E-state index contributed by atoms with van der Waals surface area (Å²) in [5.74, 6) is -0.182. The van der Waals surface area contributed by atoms with Crippen LogP contribution in [-0.2, 0) is 26.3 Å². The van der Waals surface area contributed by atoms with Crippen molar-refractivity contribution in [2.45, 2.75) is 24.5 Å². The maximum Gasteiger partial charge on any atom is 0.267 e. The molecular formula is C19H22N4O4. The van der Waals surface area contributed by atoms with Gasteiger partial charge in [0.15, 0.2) is 0 Å². The highest BCUT2D eigenvalue weighted by molar-refractivity contribution is 5.81. The first-order valence-corrected chi connectivity index (χ1v) is 8.99. The summed E-state index contributed by atoms with van der Waals surface area (Å²) in [7, 11) is 1.81. The third-order valence-electron chi connectivity index (χ3n) is 5.75. The highest BCUT2D eigenvalue weighted by atomic mass is 16.5. The molecule has 2 fully saturated rings. The van der Waals surface area contributed by atoms with Crippen molar-refractivity contribution in [2.75, 3.05) is 26.7 Å². The van der Waals surface area contributed by atoms with Crippen molar-refractivity contribution >= 4 is 11.8 Å². The van der Waals surface area contributed by atoms with Crippen LogP contribution in [0, 0.1) is 0 Å². The van der Waals surface area contributed by atoms with E-state index >= 15 is 0 Å². The van der Waals surface area contributed by atoms with Crippen molar-refractivity contribution in [1.82, 2.24) is 20.0 Å². The molecule has 2 N–H and O–H groups in total. The van der Waals surface area contributed by atoms with Gasteiger partial charge in [-0.25, -0.2) is 0 Å². The Balaban J connectivity index is 1.59. The Morgan fingerprint density at radius 1 is 1.30 bits per heavy atom. The molecule has 4 rings (SSSR count). The van der Waals surface area contributed by atoms with Gasteiger partial charge in [0.25, 0.3) is 5.56 Å². The van der Waals surface area contributed by atoms with Crippen molar-refractivity contribution < 1.29 is 14.3 Å². The maximum absolute atomic E-state index is 12.7. The molecule has 8 heteroatoms. The Bertz CT molecular complexity index is 906. The lowest BCUT2D eigenvalue weighted by molar-refractivity contribution is -0.184. The van der Waals surface area contributed by atoms with Crippen LogP contribution in [0.5, 0.6) is 0 Å². The van der Waals surface area contributed by atoms with Crippen LogP contribution in [0.3, 0.4) is 0 Å². The summed E-state index contributed by atoms with van der Waals surface area (Å²) in [5, 5.41) is 5.05. The molecule has 1 aromatic carbocycles. The van der Waals surface area contributed by atoms with Gasteiger partial charge in [-0.1, -0.05) is 30.3 Å². The molecule has 0 saturated carbocycles. The number of likely N-dealkylation sites (N-methyl/N-ethyl adjacent to an activating group) is 1. The molecule has 0 radical (unpaired) electrons. The number of morpholine rings is 1. The molecule has 0 spiro atoms. The van der Waals surface area contributed by atoms with Crippen LogP contribution in [0.4, 0.5) is 0 Å². The maximum atomic E-state index is 12.7. The van der Waals surface area contributed by atoms with Gasteiger partial charge in [0.2, 0.25) is 11.8 Å². The normalized spacial score (nSPS) is 25.4. The summed E-state index contributed by atoms with van der Waals surface area (Å²) in [5.41, 5.74) is 0.563. The van der Waals surface area contributed by atoms with E-state index in [4.69, 9.17) is 4.74 Å². The molecule has 0 bridgehead atoms. The number of hydrogen-bond acceptors (Lipinski definition) is 4. The lowest BCUT2D eigenvalue weighted by atomic mass is 9.76. The summed E-state index contributed by atoms with van der Waals surface area (Å²) in [6, 6.07) is 9.84. The zero-order valence-corrected chi connectivity index (χ0v) is 15.1. The number of benzene rings is 1. The van der Waals surface area contributed by atoms with Crippen molar-refractivity contribution in [3.8, 4) is 0 Å². The fourth-order valence-corrected chi connectivity index (χ4v) is 4.19. The molecule has 2 saturated heterocycles. The number of amides is 2. The number of rotatable bonds is 3. The molecule has 3 heterocycles. The molecule has 2 amide bonds. The molecule has 142 valence electrons. The largest absolute Gasteiger partial charge is 0.364 e. The monoisotopic (exact) mass is 370 g/mol. The van der Waals surface area contributed by atoms with Crippen LogP contribution in [0.25, 0.3) is 0 Å². The van der Waals surface area contributed by atoms with E-state index in [0.717, 1.165) is 5.56 Å². The van der Waals surface area contributed by atoms with E-state index in [9.17, 15) is 14.4 Å². The number of fused-ring (bicyclic) bond motifs is 1. The van der Waals surface area contributed by atoms with Crippen molar-refractivity contribution in [3.63, 3.8) is 0 Å². The number of H-pyrrole nitrogens is 2. The average Bonchev–Trinajstić information content (AvgIpc) is 3.09. The fourth-order valence-electron chi connectivity index (χ4n) is 4.19. The Morgan fingerprint density at radius 2 is 2.07 bits per heavy atom. The molecule has 2 aliphatic heterocycles. The number of carbonyl (C=O) groups is 2. The van der Waals surface area contributed by atoms with Gasteiger partial charge >= 0.3 is 0 Å². The van der Waals surface area contributed by atoms with E-state index in [1.807, 2.05) is 37.4 Å². The van der Waals surface area contributed by atoms with Gasteiger partial charge in [-0.15, -0.1) is 0 Å². The predicted octanol–water partition coefficient (Wildman–Crippen LogP) is 0.231. The second-order valence-electron chi connectivity index (χ2n) is 7.08. The number of piperidine rings is 1. The van der Waals surface area contributed by atoms with E-state index in [1.165, 1.54) is 6.20 Å². The van der Waals surface area contributed by atoms with E-state index < -0.39 is 5.54 Å². The number of aromatic amines is 2. The molecule has 8 nitrogen and oxygen atoms in total. The number of nitrogens with zero attached hydrogens (tertiary/aromatic N) is 2. The molecule has 1 aromatic heterocycles. The Morgan fingerprint density at radius 3 is 2.78 bits per heavy atom. The van der Waals surface area contributed by atoms with Gasteiger partial charge in [-0.2, -0.15) is 0 Å². The number of ether oxygens (including phenoxy) is 1. The first-order valence-electron chi connectivity index (χ1n) is 8.99. The van der Waals surface area contributed by atoms with E-state index in [0.29, 0.717) is 25.1 Å². The summed E-state index contributed by atoms with van der Waals surface area (Å²) in [6.45, 7) is 0.885. The third kappa shape index (κ3) is 2.86. The molecule has 27 heavy (non-hydrogen) atoms. The van der Waals surface area contributed by atoms with Gasteiger partial charge < -0.3 is 19.6 Å². The van der Waals surface area contributed by atoms with E-state index in [-0.39, 0.29) is 36.5 Å². The van der Waals surface area contributed by atoms with Gasteiger partial charge in [0.05, 0.1) is 12.0 Å². The molecule has 0 unspecified atom stereocenters. The SMILES string of the molecule is CN1C(=O)CO[C@@H]2CN(C(=O)Cc3c[nH][nH]c3=O)CC[C@]21c1ccccc1. The molecule has 2 aliphatic rings. The second-order valence-corrected chi connectivity index (χ2v) is 7.08. The number of nitrogens with one attached hydrogen (secondary N) is 2. The quantitative estimate of drug-likeness (QED) is 0.808. The van der Waals surface area contributed by atoms with Crippen molar-refractivity contribution in [2.24, 2.45) is 0 Å². The van der Waals surface area contributed by atoms with Crippen LogP contribution in [0.2, 0.25) is 0 Å². The highest BCUT2D eigenvalue weighted by Crippen LogP contribution is 2.42. The van der Waals surface area contributed by atoms with Crippen LogP contribution in [-0.4, -0.2) is 64.7 Å². The topological polar surface area (TPSA) is 98.5 Å². The predicted molar refractivity (Wildman–Crippen MR) is 96.9 cm³/mol. The summed E-state index contributed by atoms with van der Waals surface area (Å²) in [6.07, 6.45) is 1.82. The summed E-state index contributed by atoms with van der Waals surface area (Å²) < 4.78 is 5.90. The zero-order valence-electron chi connectivity index (χ0n) is 15.1. The fraction of sp³-hybridized carbons (Fsp3) is 0.421. The minimum Gasteiger partial charge on any atom is -0.364 e. The summed E-state index contributed by atoms with van der Waals surface area (Å²) >= 11 is 0. The smallest absolute Gasteiger partial charge is 0.267 e. The first-order chi connectivity index (χ1) is 13.0. The van der Waals surface area contributed by atoms with Crippen LogP contribution in [0.1, 0.15) is 17.5 Å². The molecule has 0 aliphatic carbocycles. The minimum absolute atomic E-state index is 0.00919. The minimum atomic E-state index is -0.584. The highest BCUT2D eigenvalue weighted by Gasteiger charge is 2.53. The van der Waals surface area contributed by atoms with E-state index in [2.05, 4.69) is 10.2 Å². The number of hydrogen-bond donors (Lipinski definition) is 2. The van der Waals surface area contributed by atoms with Gasteiger partial charge in [-0.3, -0.25) is 19.5 Å². The average molecular weight is 370 g/mol. The van der Waals surface area contributed by atoms with Gasteiger partial charge in [0, 0.05) is 31.9 Å². The number of likely N-dealkylation sites (tertiary alicyclic amines) is 1. The lowest BCUT2D eigenvalue weighted by Gasteiger charge is -2.54. The van der Waals surface area contributed by atoms with Crippen LogP contribution >= 0.6 is 0 Å². The third-order valence-corrected chi connectivity index (χ3v) is 5.75. The summed E-state index contributed by atoms with van der Waals surface area (Å²) in [4.78, 5) is 40.2. The van der Waals surface area contributed by atoms with Crippen LogP contribution < -0.4 is 5.56 Å².